The number of aliphatic hydroxyl groups excluding tert-OH is 1. The van der Waals surface area contributed by atoms with Gasteiger partial charge in [-0.2, -0.15) is 5.10 Å². The van der Waals surface area contributed by atoms with Crippen LogP contribution in [0.4, 0.5) is 11.6 Å². The Bertz CT molecular complexity index is 466. The molecule has 0 aliphatic carbocycles. The third-order valence-corrected chi connectivity index (χ3v) is 3.12. The highest BCUT2D eigenvalue weighted by Crippen LogP contribution is 2.26. The molecule has 0 aliphatic heterocycles. The molecule has 4 N–H and O–H groups in total. The van der Waals surface area contributed by atoms with Crippen LogP contribution in [0, 0.1) is 0 Å². The minimum atomic E-state index is -3.44. The van der Waals surface area contributed by atoms with Crippen molar-refractivity contribution in [3.8, 4) is 0 Å². The van der Waals surface area contributed by atoms with Gasteiger partial charge in [0.05, 0.1) is 13.2 Å². The van der Waals surface area contributed by atoms with Crippen molar-refractivity contribution in [2.24, 2.45) is 0 Å². The number of nitrogens with two attached hydrogens (primary N) is 1. The number of nitrogens with zero attached hydrogens (tertiary/aromatic N) is 2. The Balaban J connectivity index is 3.32. The van der Waals surface area contributed by atoms with Crippen LogP contribution in [0.25, 0.3) is 0 Å². The van der Waals surface area contributed by atoms with Gasteiger partial charge in [-0.05, 0) is 6.92 Å². The average molecular weight is 248 g/mol. The summed E-state index contributed by atoms with van der Waals surface area (Å²) in [5.74, 6) is 0.281. The molecule has 0 aromatic carbocycles. The molecule has 0 unspecified atom stereocenters. The van der Waals surface area contributed by atoms with E-state index in [0.717, 1.165) is 6.26 Å². The van der Waals surface area contributed by atoms with E-state index in [4.69, 9.17) is 10.8 Å². The third-order valence-electron chi connectivity index (χ3n) is 1.97. The molecule has 0 atom stereocenters. The summed E-state index contributed by atoms with van der Waals surface area (Å²) in [5.41, 5.74) is 5.68. The molecular formula is C8H16N4O3S. The summed E-state index contributed by atoms with van der Waals surface area (Å²) < 4.78 is 24.3. The largest absolute Gasteiger partial charge is 0.394 e. The zero-order valence-corrected chi connectivity index (χ0v) is 10.1. The quantitative estimate of drug-likeness (QED) is 0.635. The Morgan fingerprint density at radius 1 is 1.56 bits per heavy atom. The van der Waals surface area contributed by atoms with Crippen molar-refractivity contribution < 1.29 is 13.5 Å². The molecule has 0 saturated carbocycles. The van der Waals surface area contributed by atoms with Crippen LogP contribution in [-0.2, 0) is 16.4 Å². The van der Waals surface area contributed by atoms with Gasteiger partial charge in [-0.25, -0.2) is 13.1 Å². The zero-order valence-electron chi connectivity index (χ0n) is 9.27. The van der Waals surface area contributed by atoms with E-state index in [1.807, 2.05) is 6.92 Å². The van der Waals surface area contributed by atoms with Gasteiger partial charge in [0.2, 0.25) is 0 Å². The molecule has 1 heterocycles. The second kappa shape index (κ2) is 4.71. The monoisotopic (exact) mass is 248 g/mol. The van der Waals surface area contributed by atoms with Gasteiger partial charge in [0.25, 0.3) is 0 Å². The highest BCUT2D eigenvalue weighted by Gasteiger charge is 2.23. The van der Waals surface area contributed by atoms with E-state index in [0.29, 0.717) is 6.54 Å². The molecule has 0 fully saturated rings. The van der Waals surface area contributed by atoms with Crippen LogP contribution < -0.4 is 11.1 Å². The van der Waals surface area contributed by atoms with Gasteiger partial charge in [0.1, 0.15) is 5.82 Å². The summed E-state index contributed by atoms with van der Waals surface area (Å²) in [4.78, 5) is -0.0113. The van der Waals surface area contributed by atoms with Crippen LogP contribution in [0.1, 0.15) is 6.92 Å². The Hall–Kier alpha value is -1.28. The van der Waals surface area contributed by atoms with Gasteiger partial charge >= 0.3 is 0 Å². The van der Waals surface area contributed by atoms with Crippen LogP contribution in [0.3, 0.4) is 0 Å². The summed E-state index contributed by atoms with van der Waals surface area (Å²) in [5, 5.41) is 15.6. The first-order valence-corrected chi connectivity index (χ1v) is 6.72. The van der Waals surface area contributed by atoms with E-state index >= 15 is 0 Å². The molecule has 1 aromatic heterocycles. The SMILES string of the molecule is CCNc1nn(CCO)c(N)c1S(C)(=O)=O. The van der Waals surface area contributed by atoms with E-state index in [1.165, 1.54) is 4.68 Å². The Labute approximate surface area is 94.2 Å². The number of hydrogen-bond donors (Lipinski definition) is 3. The van der Waals surface area contributed by atoms with Gasteiger partial charge < -0.3 is 16.2 Å². The molecule has 0 aliphatic rings. The summed E-state index contributed by atoms with van der Waals surface area (Å²) in [6.07, 6.45) is 1.07. The molecule has 1 rings (SSSR count). The molecule has 0 radical (unpaired) electrons. The number of aliphatic hydroxyl groups is 1. The Kier molecular flexibility index (Phi) is 3.76. The minimum Gasteiger partial charge on any atom is -0.394 e. The molecule has 0 spiro atoms. The maximum Gasteiger partial charge on any atom is 0.182 e. The average Bonchev–Trinajstić information content (AvgIpc) is 2.43. The maximum atomic E-state index is 11.5. The summed E-state index contributed by atoms with van der Waals surface area (Å²) >= 11 is 0. The van der Waals surface area contributed by atoms with Gasteiger partial charge in [-0.3, -0.25) is 0 Å². The number of nitrogen functional groups attached to an aromatic ring is 1. The summed E-state index contributed by atoms with van der Waals surface area (Å²) in [7, 11) is -3.44. The number of sulfone groups is 1. The molecule has 0 amide bonds. The van der Waals surface area contributed by atoms with E-state index < -0.39 is 9.84 Å². The molecule has 7 nitrogen and oxygen atoms in total. The van der Waals surface area contributed by atoms with Crippen molar-refractivity contribution in [2.75, 3.05) is 30.5 Å². The van der Waals surface area contributed by atoms with E-state index in [9.17, 15) is 8.42 Å². The number of nitrogens with one attached hydrogen (secondary N) is 1. The zero-order chi connectivity index (χ0) is 12.3. The molecule has 0 saturated heterocycles. The predicted octanol–water partition coefficient (Wildman–Crippen LogP) is -0.707. The van der Waals surface area contributed by atoms with Crippen molar-refractivity contribution >= 4 is 21.5 Å². The fraction of sp³-hybridized carbons (Fsp3) is 0.625. The number of hydrogen-bond acceptors (Lipinski definition) is 6. The van der Waals surface area contributed by atoms with Crippen molar-refractivity contribution in [2.45, 2.75) is 18.4 Å². The lowest BCUT2D eigenvalue weighted by atomic mass is 10.5. The lowest BCUT2D eigenvalue weighted by Crippen LogP contribution is -2.09. The fourth-order valence-corrected chi connectivity index (χ4v) is 2.32. The van der Waals surface area contributed by atoms with Crippen LogP contribution in [0.15, 0.2) is 4.90 Å². The number of anilines is 2. The van der Waals surface area contributed by atoms with Gasteiger partial charge in [-0.1, -0.05) is 0 Å². The molecule has 92 valence electrons. The Morgan fingerprint density at radius 3 is 2.62 bits per heavy atom. The van der Waals surface area contributed by atoms with Crippen molar-refractivity contribution in [3.05, 3.63) is 0 Å². The fourth-order valence-electron chi connectivity index (χ4n) is 1.37. The molecular weight excluding hydrogens is 232 g/mol. The molecule has 0 bridgehead atoms. The molecule has 16 heavy (non-hydrogen) atoms. The van der Waals surface area contributed by atoms with Crippen molar-refractivity contribution in [1.29, 1.82) is 0 Å². The van der Waals surface area contributed by atoms with Gasteiger partial charge in [0, 0.05) is 12.8 Å². The normalized spacial score (nSPS) is 11.7. The smallest absolute Gasteiger partial charge is 0.182 e. The first-order valence-electron chi connectivity index (χ1n) is 4.82. The number of rotatable bonds is 5. The lowest BCUT2D eigenvalue weighted by molar-refractivity contribution is 0.270. The first kappa shape index (κ1) is 12.8. The minimum absolute atomic E-state index is 0.0113. The highest BCUT2D eigenvalue weighted by atomic mass is 32.2. The number of aromatic nitrogens is 2. The predicted molar refractivity (Wildman–Crippen MR) is 61.0 cm³/mol. The van der Waals surface area contributed by atoms with Crippen molar-refractivity contribution in [3.63, 3.8) is 0 Å². The standard InChI is InChI=1S/C8H16N4O3S/c1-3-10-8-6(16(2,14)15)7(9)12(11-8)4-5-13/h13H,3-5,9H2,1-2H3,(H,10,11). The van der Waals surface area contributed by atoms with Crippen LogP contribution in [0.2, 0.25) is 0 Å². The topological polar surface area (TPSA) is 110 Å². The van der Waals surface area contributed by atoms with Crippen LogP contribution in [0.5, 0.6) is 0 Å². The van der Waals surface area contributed by atoms with Crippen LogP contribution >= 0.6 is 0 Å². The van der Waals surface area contributed by atoms with E-state index in [1.54, 1.807) is 0 Å². The van der Waals surface area contributed by atoms with Crippen molar-refractivity contribution in [1.82, 2.24) is 9.78 Å². The highest BCUT2D eigenvalue weighted by molar-refractivity contribution is 7.91. The second-order valence-corrected chi connectivity index (χ2v) is 5.26. The third kappa shape index (κ3) is 2.45. The van der Waals surface area contributed by atoms with E-state index in [2.05, 4.69) is 10.4 Å². The lowest BCUT2D eigenvalue weighted by Gasteiger charge is -2.01. The Morgan fingerprint density at radius 2 is 2.19 bits per heavy atom. The first-order chi connectivity index (χ1) is 7.41. The van der Waals surface area contributed by atoms with Crippen LogP contribution in [-0.4, -0.2) is 42.7 Å². The molecule has 8 heteroatoms. The molecule has 1 aromatic rings. The van der Waals surface area contributed by atoms with Gasteiger partial charge in [-0.15, -0.1) is 0 Å². The summed E-state index contributed by atoms with van der Waals surface area (Å²) in [6, 6.07) is 0. The maximum absolute atomic E-state index is 11.5. The van der Waals surface area contributed by atoms with Gasteiger partial charge in [0.15, 0.2) is 20.6 Å². The summed E-state index contributed by atoms with van der Waals surface area (Å²) in [6.45, 7) is 2.38. The second-order valence-electron chi connectivity index (χ2n) is 3.31. The van der Waals surface area contributed by atoms with E-state index in [-0.39, 0.29) is 29.7 Å².